The molecule has 3 rings (SSSR count). The summed E-state index contributed by atoms with van der Waals surface area (Å²) in [5.41, 5.74) is 2.32. The number of hydrogen-bond donors (Lipinski definition) is 1. The summed E-state index contributed by atoms with van der Waals surface area (Å²) in [6.07, 6.45) is 5.72. The van der Waals surface area contributed by atoms with Crippen molar-refractivity contribution in [3.63, 3.8) is 0 Å². The van der Waals surface area contributed by atoms with Gasteiger partial charge in [0.2, 0.25) is 5.91 Å². The summed E-state index contributed by atoms with van der Waals surface area (Å²) in [5, 5.41) is 3.46. The highest BCUT2D eigenvalue weighted by Gasteiger charge is 2.27. The number of anilines is 2. The van der Waals surface area contributed by atoms with Crippen LogP contribution in [0.2, 0.25) is 0 Å². The Bertz CT molecular complexity index is 517. The SMILES string of the molecule is CCC1CCCCN1C(=O)CN1CCCNc2ccccc21. The van der Waals surface area contributed by atoms with Crippen molar-refractivity contribution in [1.29, 1.82) is 0 Å². The molecular formula is C18H27N3O. The van der Waals surface area contributed by atoms with Crippen molar-refractivity contribution in [3.8, 4) is 0 Å². The molecule has 2 heterocycles. The molecule has 4 nitrogen and oxygen atoms in total. The smallest absolute Gasteiger partial charge is 0.242 e. The van der Waals surface area contributed by atoms with Crippen LogP contribution in [0.15, 0.2) is 24.3 Å². The molecule has 1 aromatic rings. The summed E-state index contributed by atoms with van der Waals surface area (Å²) in [7, 11) is 0. The van der Waals surface area contributed by atoms with Crippen molar-refractivity contribution in [1.82, 2.24) is 4.90 Å². The minimum Gasteiger partial charge on any atom is -0.383 e. The van der Waals surface area contributed by atoms with E-state index >= 15 is 0 Å². The number of carbonyl (C=O) groups excluding carboxylic acids is 1. The van der Waals surface area contributed by atoms with E-state index in [-0.39, 0.29) is 0 Å². The Morgan fingerprint density at radius 3 is 2.95 bits per heavy atom. The van der Waals surface area contributed by atoms with E-state index in [0.29, 0.717) is 18.5 Å². The number of hydrogen-bond acceptors (Lipinski definition) is 3. The van der Waals surface area contributed by atoms with Crippen LogP contribution in [0, 0.1) is 0 Å². The molecule has 1 amide bonds. The lowest BCUT2D eigenvalue weighted by Crippen LogP contribution is -2.48. The summed E-state index contributed by atoms with van der Waals surface area (Å²) in [6, 6.07) is 8.78. The first kappa shape index (κ1) is 15.2. The van der Waals surface area contributed by atoms with Crippen LogP contribution in [-0.2, 0) is 4.79 Å². The first-order chi connectivity index (χ1) is 10.8. The summed E-state index contributed by atoms with van der Waals surface area (Å²) in [4.78, 5) is 17.2. The van der Waals surface area contributed by atoms with E-state index in [1.165, 1.54) is 18.5 Å². The monoisotopic (exact) mass is 301 g/mol. The number of para-hydroxylation sites is 2. The zero-order chi connectivity index (χ0) is 15.4. The second kappa shape index (κ2) is 7.03. The van der Waals surface area contributed by atoms with Gasteiger partial charge in [-0.25, -0.2) is 0 Å². The lowest BCUT2D eigenvalue weighted by Gasteiger charge is -2.37. The van der Waals surface area contributed by atoms with E-state index in [1.54, 1.807) is 0 Å². The number of fused-ring (bicyclic) bond motifs is 1. The lowest BCUT2D eigenvalue weighted by molar-refractivity contribution is -0.133. The van der Waals surface area contributed by atoms with Crippen LogP contribution < -0.4 is 10.2 Å². The van der Waals surface area contributed by atoms with Gasteiger partial charge in [0, 0.05) is 25.7 Å². The first-order valence-corrected chi connectivity index (χ1v) is 8.67. The van der Waals surface area contributed by atoms with Gasteiger partial charge in [0.25, 0.3) is 0 Å². The summed E-state index contributed by atoms with van der Waals surface area (Å²) in [5.74, 6) is 0.295. The maximum atomic E-state index is 12.8. The van der Waals surface area contributed by atoms with Crippen LogP contribution in [0.4, 0.5) is 11.4 Å². The molecule has 1 atom stereocenters. The molecule has 1 saturated heterocycles. The average Bonchev–Trinajstić information content (AvgIpc) is 2.77. The highest BCUT2D eigenvalue weighted by atomic mass is 16.2. The molecule has 0 spiro atoms. The number of piperidine rings is 1. The third-order valence-corrected chi connectivity index (χ3v) is 4.91. The number of nitrogens with zero attached hydrogens (tertiary/aromatic N) is 2. The van der Waals surface area contributed by atoms with Crippen LogP contribution in [0.5, 0.6) is 0 Å². The molecule has 2 aliphatic rings. The molecule has 0 bridgehead atoms. The molecule has 120 valence electrons. The predicted molar refractivity (Wildman–Crippen MR) is 91.4 cm³/mol. The molecule has 1 fully saturated rings. The maximum absolute atomic E-state index is 12.8. The van der Waals surface area contributed by atoms with Gasteiger partial charge in [-0.1, -0.05) is 19.1 Å². The second-order valence-electron chi connectivity index (χ2n) is 6.36. The Morgan fingerprint density at radius 1 is 1.23 bits per heavy atom. The molecule has 0 radical (unpaired) electrons. The summed E-state index contributed by atoms with van der Waals surface area (Å²) < 4.78 is 0. The highest BCUT2D eigenvalue weighted by molar-refractivity contribution is 5.84. The minimum absolute atomic E-state index is 0.295. The molecule has 22 heavy (non-hydrogen) atoms. The molecular weight excluding hydrogens is 274 g/mol. The van der Waals surface area contributed by atoms with E-state index in [4.69, 9.17) is 0 Å². The zero-order valence-electron chi connectivity index (χ0n) is 13.6. The van der Waals surface area contributed by atoms with Crippen LogP contribution >= 0.6 is 0 Å². The van der Waals surface area contributed by atoms with Gasteiger partial charge in [-0.3, -0.25) is 4.79 Å². The van der Waals surface area contributed by atoms with Crippen LogP contribution in [0.25, 0.3) is 0 Å². The minimum atomic E-state index is 0.295. The fraction of sp³-hybridized carbons (Fsp3) is 0.611. The number of rotatable bonds is 3. The Morgan fingerprint density at radius 2 is 2.09 bits per heavy atom. The van der Waals surface area contributed by atoms with Crippen molar-refractivity contribution in [2.24, 2.45) is 0 Å². The van der Waals surface area contributed by atoms with E-state index in [2.05, 4.69) is 46.3 Å². The maximum Gasteiger partial charge on any atom is 0.242 e. The summed E-state index contributed by atoms with van der Waals surface area (Å²) >= 11 is 0. The number of benzene rings is 1. The third kappa shape index (κ3) is 3.21. The lowest BCUT2D eigenvalue weighted by atomic mass is 10.00. The molecule has 2 aliphatic heterocycles. The number of carbonyl (C=O) groups is 1. The molecule has 4 heteroatoms. The third-order valence-electron chi connectivity index (χ3n) is 4.91. The zero-order valence-corrected chi connectivity index (χ0v) is 13.6. The summed E-state index contributed by atoms with van der Waals surface area (Å²) in [6.45, 7) is 5.56. The first-order valence-electron chi connectivity index (χ1n) is 8.67. The van der Waals surface area contributed by atoms with E-state index in [9.17, 15) is 4.79 Å². The van der Waals surface area contributed by atoms with Gasteiger partial charge in [0.05, 0.1) is 17.9 Å². The van der Waals surface area contributed by atoms with Gasteiger partial charge in [0.15, 0.2) is 0 Å². The van der Waals surface area contributed by atoms with Crippen molar-refractivity contribution >= 4 is 17.3 Å². The second-order valence-corrected chi connectivity index (χ2v) is 6.36. The van der Waals surface area contributed by atoms with Gasteiger partial charge in [-0.2, -0.15) is 0 Å². The quantitative estimate of drug-likeness (QED) is 0.932. The Balaban J connectivity index is 1.73. The van der Waals surface area contributed by atoms with E-state index in [0.717, 1.165) is 44.6 Å². The molecule has 1 unspecified atom stereocenters. The number of likely N-dealkylation sites (tertiary alicyclic amines) is 1. The standard InChI is InChI=1S/C18H27N3O/c1-2-15-8-5-6-13-21(15)18(22)14-20-12-7-11-19-16-9-3-4-10-17(16)20/h3-4,9-10,15,19H,2,5-8,11-14H2,1H3. The van der Waals surface area contributed by atoms with Gasteiger partial charge in [0.1, 0.15) is 0 Å². The normalized spacial score (nSPS) is 21.8. The van der Waals surface area contributed by atoms with Crippen molar-refractivity contribution < 1.29 is 4.79 Å². The fourth-order valence-electron chi connectivity index (χ4n) is 3.68. The molecule has 0 saturated carbocycles. The van der Waals surface area contributed by atoms with Gasteiger partial charge in [-0.15, -0.1) is 0 Å². The van der Waals surface area contributed by atoms with Gasteiger partial charge in [-0.05, 0) is 44.2 Å². The van der Waals surface area contributed by atoms with Crippen molar-refractivity contribution in [2.75, 3.05) is 36.4 Å². The van der Waals surface area contributed by atoms with Gasteiger partial charge < -0.3 is 15.1 Å². The molecule has 1 aromatic carbocycles. The van der Waals surface area contributed by atoms with E-state index < -0.39 is 0 Å². The average molecular weight is 301 g/mol. The topological polar surface area (TPSA) is 35.6 Å². The largest absolute Gasteiger partial charge is 0.383 e. The molecule has 0 aromatic heterocycles. The molecule has 0 aliphatic carbocycles. The highest BCUT2D eigenvalue weighted by Crippen LogP contribution is 2.28. The van der Waals surface area contributed by atoms with E-state index in [1.807, 2.05) is 0 Å². The Hall–Kier alpha value is -1.71. The number of nitrogens with one attached hydrogen (secondary N) is 1. The predicted octanol–water partition coefficient (Wildman–Crippen LogP) is 3.10. The van der Waals surface area contributed by atoms with Crippen molar-refractivity contribution in [3.05, 3.63) is 24.3 Å². The van der Waals surface area contributed by atoms with Gasteiger partial charge >= 0.3 is 0 Å². The van der Waals surface area contributed by atoms with Crippen molar-refractivity contribution in [2.45, 2.75) is 45.1 Å². The Kier molecular flexibility index (Phi) is 4.86. The van der Waals surface area contributed by atoms with Crippen LogP contribution in [-0.4, -0.2) is 43.0 Å². The Labute approximate surface area is 133 Å². The number of amides is 1. The van der Waals surface area contributed by atoms with Crippen LogP contribution in [0.3, 0.4) is 0 Å². The van der Waals surface area contributed by atoms with Crippen LogP contribution in [0.1, 0.15) is 39.0 Å². The molecule has 1 N–H and O–H groups in total. The fourth-order valence-corrected chi connectivity index (χ4v) is 3.68.